The normalized spacial score (nSPS) is 14.9. The Morgan fingerprint density at radius 3 is 1.08 bits per heavy atom. The summed E-state index contributed by atoms with van der Waals surface area (Å²) >= 11 is 0. The van der Waals surface area contributed by atoms with Gasteiger partial charge >= 0.3 is 0 Å². The minimum absolute atomic E-state index is 0.00621. The number of carbonyl (C=O) groups is 2. The molecule has 2 aliphatic heterocycles. The maximum Gasteiger partial charge on any atom is 0.208 e. The summed E-state index contributed by atoms with van der Waals surface area (Å²) in [5.74, 6) is -0.617. The molecule has 4 heterocycles. The van der Waals surface area contributed by atoms with Crippen LogP contribution >= 0.6 is 0 Å². The van der Waals surface area contributed by atoms with Crippen LogP contribution in [0.3, 0.4) is 0 Å². The number of nitrogens with zero attached hydrogens (tertiary/aromatic N) is 2. The predicted octanol–water partition coefficient (Wildman–Crippen LogP) is 10.3. The molecule has 12 rings (SSSR count). The highest BCUT2D eigenvalue weighted by Crippen LogP contribution is 2.42. The zero-order chi connectivity index (χ0) is 40.7. The molecule has 2 aromatic heterocycles. The lowest BCUT2D eigenvalue weighted by Crippen LogP contribution is -2.20. The van der Waals surface area contributed by atoms with Crippen LogP contribution in [0.4, 0.5) is 0 Å². The molecule has 0 amide bonds. The van der Waals surface area contributed by atoms with Gasteiger partial charge in [-0.3, -0.25) is 9.59 Å². The third-order valence-electron chi connectivity index (χ3n) is 12.0. The fraction of sp³-hybridized carbons (Fsp3) is 0. The quantitative estimate of drug-likeness (QED) is 0.176. The van der Waals surface area contributed by atoms with E-state index in [2.05, 4.69) is 45.8 Å². The Morgan fingerprint density at radius 1 is 0.300 bits per heavy atom. The van der Waals surface area contributed by atoms with Crippen molar-refractivity contribution < 1.29 is 26.4 Å². The maximum absolute atomic E-state index is 13.8. The first-order valence-electron chi connectivity index (χ1n) is 19.2. The number of carbonyl (C=O) groups excluding carboxylic acids is 2. The van der Waals surface area contributed by atoms with Crippen LogP contribution in [0.15, 0.2) is 189 Å². The van der Waals surface area contributed by atoms with E-state index in [1.807, 2.05) is 48.5 Å². The van der Waals surface area contributed by atoms with Crippen LogP contribution in [0.1, 0.15) is 31.8 Å². The molecular formula is C50H28N2O6S2. The van der Waals surface area contributed by atoms with Gasteiger partial charge in [0.15, 0.2) is 11.6 Å². The molecule has 0 radical (unpaired) electrons. The third kappa shape index (κ3) is 4.59. The lowest BCUT2D eigenvalue weighted by Gasteiger charge is -2.19. The van der Waals surface area contributed by atoms with Crippen molar-refractivity contribution >= 4 is 74.9 Å². The smallest absolute Gasteiger partial charge is 0.208 e. The van der Waals surface area contributed by atoms with E-state index in [0.717, 1.165) is 54.7 Å². The first kappa shape index (κ1) is 34.6. The van der Waals surface area contributed by atoms with Crippen molar-refractivity contribution in [3.63, 3.8) is 0 Å². The molecular weight excluding hydrogens is 789 g/mol. The van der Waals surface area contributed by atoms with Crippen LogP contribution in [-0.2, 0) is 19.7 Å². The van der Waals surface area contributed by atoms with E-state index >= 15 is 0 Å². The summed E-state index contributed by atoms with van der Waals surface area (Å²) in [5.41, 5.74) is 7.43. The molecule has 60 heavy (non-hydrogen) atoms. The molecule has 8 nitrogen and oxygen atoms in total. The van der Waals surface area contributed by atoms with E-state index in [-0.39, 0.29) is 53.4 Å². The van der Waals surface area contributed by atoms with Gasteiger partial charge in [-0.1, -0.05) is 84.9 Å². The first-order valence-corrected chi connectivity index (χ1v) is 22.2. The van der Waals surface area contributed by atoms with Crippen molar-refractivity contribution in [3.05, 3.63) is 192 Å². The second-order valence-electron chi connectivity index (χ2n) is 15.2. The molecule has 0 saturated carbocycles. The molecule has 286 valence electrons. The van der Waals surface area contributed by atoms with Crippen LogP contribution in [0, 0.1) is 0 Å². The Balaban J connectivity index is 1.02. The zero-order valence-corrected chi connectivity index (χ0v) is 33.0. The summed E-state index contributed by atoms with van der Waals surface area (Å²) in [5, 5.41) is 3.91. The largest absolute Gasteiger partial charge is 0.289 e. The van der Waals surface area contributed by atoms with Crippen molar-refractivity contribution in [1.29, 1.82) is 0 Å². The Labute approximate surface area is 343 Å². The number of benzene rings is 8. The number of hydrogen-bond acceptors (Lipinski definition) is 6. The molecule has 0 N–H and O–H groups in total. The topological polar surface area (TPSA) is 112 Å². The summed E-state index contributed by atoms with van der Waals surface area (Å²) in [6.45, 7) is 0. The van der Waals surface area contributed by atoms with Crippen molar-refractivity contribution in [3.8, 4) is 22.3 Å². The first-order chi connectivity index (χ1) is 29.1. The standard InChI is InChI=1S/C50H28N2O6S2/c53-49-35-11-3-7-15-45(35)59(55,56)47-27-31(17-21-37(47)49)29-19-23-43-39(25-29)33-9-1-5-13-41(33)51(43)52-42-14-6-2-10-34(42)40-26-30(20-24-44(40)52)32-18-22-38-48(28-32)60(57,58)46-16-8-4-12-36(46)50(38)54/h1-28H. The average Bonchev–Trinajstić information content (AvgIpc) is 3.78. The van der Waals surface area contributed by atoms with Crippen LogP contribution in [0.25, 0.3) is 65.9 Å². The Hall–Kier alpha value is -7.40. The predicted molar refractivity (Wildman–Crippen MR) is 231 cm³/mol. The Kier molecular flexibility index (Phi) is 6.97. The monoisotopic (exact) mass is 816 g/mol. The second-order valence-corrected chi connectivity index (χ2v) is 19.0. The Bertz CT molecular complexity index is 3600. The van der Waals surface area contributed by atoms with Gasteiger partial charge in [0.05, 0.1) is 41.6 Å². The van der Waals surface area contributed by atoms with Crippen LogP contribution in [0.5, 0.6) is 0 Å². The van der Waals surface area contributed by atoms with E-state index in [0.29, 0.717) is 11.1 Å². The van der Waals surface area contributed by atoms with E-state index in [9.17, 15) is 26.4 Å². The lowest BCUT2D eigenvalue weighted by molar-refractivity contribution is 0.102. The highest BCUT2D eigenvalue weighted by atomic mass is 32.2. The lowest BCUT2D eigenvalue weighted by atomic mass is 9.98. The summed E-state index contributed by atoms with van der Waals surface area (Å²) < 4.78 is 59.6. The highest BCUT2D eigenvalue weighted by Gasteiger charge is 2.36. The molecule has 0 unspecified atom stereocenters. The minimum atomic E-state index is -3.92. The van der Waals surface area contributed by atoms with E-state index < -0.39 is 19.7 Å². The van der Waals surface area contributed by atoms with Crippen molar-refractivity contribution in [2.75, 3.05) is 0 Å². The molecule has 10 aromatic rings. The number of fused-ring (bicyclic) bond motifs is 10. The molecule has 0 saturated heterocycles. The minimum Gasteiger partial charge on any atom is -0.289 e. The Morgan fingerprint density at radius 2 is 0.633 bits per heavy atom. The molecule has 10 heteroatoms. The average molecular weight is 817 g/mol. The van der Waals surface area contributed by atoms with Gasteiger partial charge in [-0.25, -0.2) is 26.2 Å². The molecule has 0 fully saturated rings. The summed E-state index contributed by atoms with van der Waals surface area (Å²) in [7, 11) is -7.84. The fourth-order valence-electron chi connectivity index (χ4n) is 9.22. The van der Waals surface area contributed by atoms with Gasteiger partial charge in [0, 0.05) is 43.8 Å². The van der Waals surface area contributed by atoms with Gasteiger partial charge in [0.1, 0.15) is 0 Å². The molecule has 0 bridgehead atoms. The van der Waals surface area contributed by atoms with E-state index in [4.69, 9.17) is 0 Å². The van der Waals surface area contributed by atoms with Crippen LogP contribution in [0.2, 0.25) is 0 Å². The summed E-state index contributed by atoms with van der Waals surface area (Å²) in [4.78, 5) is 26.8. The van der Waals surface area contributed by atoms with Gasteiger partial charge in [-0.15, -0.1) is 0 Å². The number of aromatic nitrogens is 2. The van der Waals surface area contributed by atoms with Crippen molar-refractivity contribution in [2.45, 2.75) is 19.6 Å². The van der Waals surface area contributed by atoms with E-state index in [1.165, 1.54) is 12.1 Å². The number of hydrogen-bond donors (Lipinski definition) is 0. The number of sulfone groups is 2. The molecule has 8 aromatic carbocycles. The maximum atomic E-state index is 13.8. The van der Waals surface area contributed by atoms with Crippen molar-refractivity contribution in [1.82, 2.24) is 9.35 Å². The van der Waals surface area contributed by atoms with Gasteiger partial charge in [0.2, 0.25) is 19.7 Å². The SMILES string of the molecule is O=C1c2ccccc2S(=O)(=O)c2cc(-c3ccc4c(c3)c3ccccc3n4-n3c4ccccc4c4cc(-c5ccc6c(c5)S(=O)(=O)c5ccccc5C6=O)ccc43)ccc21. The highest BCUT2D eigenvalue weighted by molar-refractivity contribution is 7.92. The summed E-state index contributed by atoms with van der Waals surface area (Å²) in [6, 6.07) is 51.2. The van der Waals surface area contributed by atoms with Gasteiger partial charge in [0.25, 0.3) is 0 Å². The molecule has 0 aliphatic carbocycles. The van der Waals surface area contributed by atoms with Crippen LogP contribution < -0.4 is 0 Å². The van der Waals surface area contributed by atoms with E-state index in [1.54, 1.807) is 72.8 Å². The van der Waals surface area contributed by atoms with Crippen molar-refractivity contribution in [2.24, 2.45) is 0 Å². The van der Waals surface area contributed by atoms with Gasteiger partial charge < -0.3 is 0 Å². The number of para-hydroxylation sites is 2. The summed E-state index contributed by atoms with van der Waals surface area (Å²) in [6.07, 6.45) is 0. The number of ketones is 2. The zero-order valence-electron chi connectivity index (χ0n) is 31.3. The fourth-order valence-corrected chi connectivity index (χ4v) is 12.6. The van der Waals surface area contributed by atoms with Gasteiger partial charge in [-0.05, 0) is 107 Å². The molecule has 0 spiro atoms. The molecule has 2 aliphatic rings. The van der Waals surface area contributed by atoms with Crippen LogP contribution in [-0.4, -0.2) is 37.8 Å². The third-order valence-corrected chi connectivity index (χ3v) is 15.7. The second kappa shape index (κ2) is 12.1. The number of rotatable bonds is 3. The molecule has 0 atom stereocenters. The van der Waals surface area contributed by atoms with Gasteiger partial charge in [-0.2, -0.15) is 0 Å².